The minimum Gasteiger partial charge on any atom is -0.465 e. The van der Waals surface area contributed by atoms with Gasteiger partial charge >= 0.3 is 11.7 Å². The SMILES string of the molecule is CCCN(CC(=O)OCC)c1ccc([N+](=O)[O-])c(C#N)n1. The lowest BCUT2D eigenvalue weighted by atomic mass is 10.3. The van der Waals surface area contributed by atoms with E-state index < -0.39 is 10.9 Å². The molecular formula is C13H16N4O4. The van der Waals surface area contributed by atoms with Crippen LogP contribution in [0.15, 0.2) is 12.1 Å². The van der Waals surface area contributed by atoms with Gasteiger partial charge in [-0.15, -0.1) is 0 Å². The zero-order valence-electron chi connectivity index (χ0n) is 11.9. The van der Waals surface area contributed by atoms with Crippen LogP contribution in [0.25, 0.3) is 0 Å². The molecular weight excluding hydrogens is 276 g/mol. The summed E-state index contributed by atoms with van der Waals surface area (Å²) >= 11 is 0. The normalized spacial score (nSPS) is 9.76. The molecule has 1 aromatic heterocycles. The van der Waals surface area contributed by atoms with Gasteiger partial charge in [-0.1, -0.05) is 6.92 Å². The molecule has 0 aliphatic heterocycles. The smallest absolute Gasteiger partial charge is 0.325 e. The van der Waals surface area contributed by atoms with Gasteiger partial charge in [-0.25, -0.2) is 4.98 Å². The molecule has 0 radical (unpaired) electrons. The number of nitriles is 1. The highest BCUT2D eigenvalue weighted by Gasteiger charge is 2.19. The molecule has 21 heavy (non-hydrogen) atoms. The molecule has 1 rings (SSSR count). The van der Waals surface area contributed by atoms with E-state index in [2.05, 4.69) is 4.98 Å². The standard InChI is InChI=1S/C13H16N4O4/c1-3-7-16(9-13(18)21-4-2)12-6-5-11(17(19)20)10(8-14)15-12/h5-6H,3-4,7,9H2,1-2H3. The quantitative estimate of drug-likeness (QED) is 0.427. The number of rotatable bonds is 7. The maximum atomic E-state index is 11.6. The first-order valence-electron chi connectivity index (χ1n) is 6.49. The summed E-state index contributed by atoms with van der Waals surface area (Å²) in [6, 6.07) is 4.34. The van der Waals surface area contributed by atoms with Crippen molar-refractivity contribution < 1.29 is 14.5 Å². The summed E-state index contributed by atoms with van der Waals surface area (Å²) in [5.74, 6) is -0.0725. The summed E-state index contributed by atoms with van der Waals surface area (Å²) in [5.41, 5.74) is -0.628. The molecule has 8 heteroatoms. The van der Waals surface area contributed by atoms with Crippen LogP contribution in [0.3, 0.4) is 0 Å². The Balaban J connectivity index is 3.06. The molecule has 1 aromatic rings. The van der Waals surface area contributed by atoms with E-state index in [1.165, 1.54) is 12.1 Å². The van der Waals surface area contributed by atoms with Gasteiger partial charge in [-0.2, -0.15) is 5.26 Å². The van der Waals surface area contributed by atoms with E-state index >= 15 is 0 Å². The fourth-order valence-corrected chi connectivity index (χ4v) is 1.75. The lowest BCUT2D eigenvalue weighted by Crippen LogP contribution is -2.32. The van der Waals surface area contributed by atoms with Crippen LogP contribution in [0.5, 0.6) is 0 Å². The molecule has 0 aliphatic carbocycles. The summed E-state index contributed by atoms with van der Waals surface area (Å²) in [4.78, 5) is 27.3. The number of esters is 1. The van der Waals surface area contributed by atoms with Crippen LogP contribution in [-0.4, -0.2) is 35.6 Å². The Hall–Kier alpha value is -2.69. The molecule has 0 aromatic carbocycles. The molecule has 0 saturated carbocycles. The maximum Gasteiger partial charge on any atom is 0.325 e. The Kier molecular flexibility index (Phi) is 6.07. The molecule has 112 valence electrons. The van der Waals surface area contributed by atoms with Crippen molar-refractivity contribution >= 4 is 17.5 Å². The number of ether oxygens (including phenoxy) is 1. The van der Waals surface area contributed by atoms with Crippen molar-refractivity contribution in [3.63, 3.8) is 0 Å². The molecule has 0 aliphatic rings. The van der Waals surface area contributed by atoms with E-state index in [0.717, 1.165) is 6.42 Å². The molecule has 0 N–H and O–H groups in total. The topological polar surface area (TPSA) is 109 Å². The van der Waals surface area contributed by atoms with Crippen LogP contribution in [0.1, 0.15) is 26.0 Å². The number of anilines is 1. The maximum absolute atomic E-state index is 11.6. The van der Waals surface area contributed by atoms with E-state index in [9.17, 15) is 14.9 Å². The average Bonchev–Trinajstić information content (AvgIpc) is 2.46. The van der Waals surface area contributed by atoms with Gasteiger partial charge in [-0.05, 0) is 19.4 Å². The van der Waals surface area contributed by atoms with Gasteiger partial charge in [0, 0.05) is 12.6 Å². The Bertz CT molecular complexity index is 568. The van der Waals surface area contributed by atoms with Crippen LogP contribution in [0, 0.1) is 21.4 Å². The van der Waals surface area contributed by atoms with E-state index in [1.54, 1.807) is 17.9 Å². The molecule has 0 fully saturated rings. The van der Waals surface area contributed by atoms with Crippen molar-refractivity contribution in [3.05, 3.63) is 27.9 Å². The highest BCUT2D eigenvalue weighted by atomic mass is 16.6. The first kappa shape index (κ1) is 16.4. The fraction of sp³-hybridized carbons (Fsp3) is 0.462. The van der Waals surface area contributed by atoms with Gasteiger partial charge in [0.15, 0.2) is 0 Å². The summed E-state index contributed by atoms with van der Waals surface area (Å²) in [6.45, 7) is 4.41. The molecule has 0 saturated heterocycles. The lowest BCUT2D eigenvalue weighted by Gasteiger charge is -2.21. The Labute approximate surface area is 122 Å². The van der Waals surface area contributed by atoms with Crippen molar-refractivity contribution in [1.82, 2.24) is 4.98 Å². The number of nitrogens with zero attached hydrogens (tertiary/aromatic N) is 4. The second-order valence-electron chi connectivity index (χ2n) is 4.13. The minimum atomic E-state index is -0.662. The summed E-state index contributed by atoms with van der Waals surface area (Å²) in [7, 11) is 0. The van der Waals surface area contributed by atoms with Crippen LogP contribution < -0.4 is 4.90 Å². The number of carbonyl (C=O) groups is 1. The van der Waals surface area contributed by atoms with Crippen LogP contribution in [-0.2, 0) is 9.53 Å². The van der Waals surface area contributed by atoms with E-state index in [-0.39, 0.29) is 24.5 Å². The Morgan fingerprint density at radius 1 is 1.52 bits per heavy atom. The number of nitro groups is 1. The summed E-state index contributed by atoms with van der Waals surface area (Å²) < 4.78 is 4.88. The Morgan fingerprint density at radius 3 is 2.76 bits per heavy atom. The molecule has 1 heterocycles. The van der Waals surface area contributed by atoms with Crippen LogP contribution in [0.2, 0.25) is 0 Å². The molecule has 0 bridgehead atoms. The van der Waals surface area contributed by atoms with E-state index in [1.807, 2.05) is 6.92 Å². The van der Waals surface area contributed by atoms with E-state index in [0.29, 0.717) is 12.4 Å². The van der Waals surface area contributed by atoms with E-state index in [4.69, 9.17) is 10.00 Å². The van der Waals surface area contributed by atoms with Gasteiger partial charge < -0.3 is 9.64 Å². The highest BCUT2D eigenvalue weighted by molar-refractivity contribution is 5.75. The van der Waals surface area contributed by atoms with Gasteiger partial charge in [0.05, 0.1) is 11.5 Å². The van der Waals surface area contributed by atoms with Gasteiger partial charge in [-0.3, -0.25) is 14.9 Å². The summed E-state index contributed by atoms with van der Waals surface area (Å²) in [6.07, 6.45) is 0.750. The predicted octanol–water partition coefficient (Wildman–Crippen LogP) is 1.64. The number of hydrogen-bond donors (Lipinski definition) is 0. The van der Waals surface area contributed by atoms with Crippen molar-refractivity contribution in [1.29, 1.82) is 5.26 Å². The largest absolute Gasteiger partial charge is 0.465 e. The molecule has 0 unspecified atom stereocenters. The minimum absolute atomic E-state index is 0.0165. The fourth-order valence-electron chi connectivity index (χ4n) is 1.75. The van der Waals surface area contributed by atoms with Crippen molar-refractivity contribution in [2.75, 3.05) is 24.6 Å². The Morgan fingerprint density at radius 2 is 2.24 bits per heavy atom. The third-order valence-corrected chi connectivity index (χ3v) is 2.60. The number of pyridine rings is 1. The second-order valence-corrected chi connectivity index (χ2v) is 4.13. The molecule has 0 spiro atoms. The zero-order chi connectivity index (χ0) is 15.8. The van der Waals surface area contributed by atoms with Crippen molar-refractivity contribution in [3.8, 4) is 6.07 Å². The molecule has 0 amide bonds. The molecule has 8 nitrogen and oxygen atoms in total. The number of hydrogen-bond acceptors (Lipinski definition) is 7. The first-order valence-corrected chi connectivity index (χ1v) is 6.49. The third-order valence-electron chi connectivity index (χ3n) is 2.60. The van der Waals surface area contributed by atoms with Crippen LogP contribution >= 0.6 is 0 Å². The second kappa shape index (κ2) is 7.79. The summed E-state index contributed by atoms with van der Waals surface area (Å²) in [5, 5.41) is 19.7. The predicted molar refractivity (Wildman–Crippen MR) is 74.7 cm³/mol. The lowest BCUT2D eigenvalue weighted by molar-refractivity contribution is -0.385. The third kappa shape index (κ3) is 4.42. The first-order chi connectivity index (χ1) is 10.0. The zero-order valence-corrected chi connectivity index (χ0v) is 11.9. The van der Waals surface area contributed by atoms with Crippen molar-refractivity contribution in [2.24, 2.45) is 0 Å². The highest BCUT2D eigenvalue weighted by Crippen LogP contribution is 2.20. The van der Waals surface area contributed by atoms with Gasteiger partial charge in [0.1, 0.15) is 18.4 Å². The average molecular weight is 292 g/mol. The van der Waals surface area contributed by atoms with Gasteiger partial charge in [0.25, 0.3) is 0 Å². The number of aromatic nitrogens is 1. The van der Waals surface area contributed by atoms with Crippen molar-refractivity contribution in [2.45, 2.75) is 20.3 Å². The number of carbonyl (C=O) groups excluding carboxylic acids is 1. The molecule has 0 atom stereocenters. The van der Waals surface area contributed by atoms with Crippen LogP contribution in [0.4, 0.5) is 11.5 Å². The van der Waals surface area contributed by atoms with Gasteiger partial charge in [0.2, 0.25) is 5.69 Å². The monoisotopic (exact) mass is 292 g/mol.